The average Bonchev–Trinajstić information content (AvgIpc) is 2.38. The Bertz CT molecular complexity index is 381. The summed E-state index contributed by atoms with van der Waals surface area (Å²) in [7, 11) is 0. The van der Waals surface area contributed by atoms with Gasteiger partial charge in [0.25, 0.3) is 0 Å². The van der Waals surface area contributed by atoms with Crippen molar-refractivity contribution in [1.82, 2.24) is 0 Å². The Balaban J connectivity index is 2.30. The summed E-state index contributed by atoms with van der Waals surface area (Å²) in [6.45, 7) is 3.40. The van der Waals surface area contributed by atoms with Gasteiger partial charge in [-0.05, 0) is 18.2 Å². The first kappa shape index (κ1) is 12.8. The van der Waals surface area contributed by atoms with Gasteiger partial charge in [0.1, 0.15) is 0 Å². The molecule has 1 saturated heterocycles. The fourth-order valence-electron chi connectivity index (χ4n) is 2.01. The van der Waals surface area contributed by atoms with E-state index in [4.69, 9.17) is 10.5 Å². The molecule has 0 saturated carbocycles. The maximum Gasteiger partial charge on any atom is 0.0932 e. The number of anilines is 1. The van der Waals surface area contributed by atoms with Gasteiger partial charge in [0.2, 0.25) is 0 Å². The maximum atomic E-state index is 9.96. The zero-order valence-corrected chi connectivity index (χ0v) is 11.2. The van der Waals surface area contributed by atoms with Gasteiger partial charge >= 0.3 is 0 Å². The fourth-order valence-corrected chi connectivity index (χ4v) is 2.39. The summed E-state index contributed by atoms with van der Waals surface area (Å²) in [6, 6.07) is 5.93. The van der Waals surface area contributed by atoms with Gasteiger partial charge in [0.05, 0.1) is 19.3 Å². The second kappa shape index (κ2) is 5.82. The molecule has 1 aromatic carbocycles. The quantitative estimate of drug-likeness (QED) is 0.883. The van der Waals surface area contributed by atoms with E-state index in [1.165, 1.54) is 0 Å². The highest BCUT2D eigenvalue weighted by molar-refractivity contribution is 9.10. The predicted octanol–water partition coefficient (Wildman–Crippen LogP) is 1.28. The van der Waals surface area contributed by atoms with E-state index >= 15 is 0 Å². The van der Waals surface area contributed by atoms with Crippen LogP contribution in [0.5, 0.6) is 0 Å². The topological polar surface area (TPSA) is 58.7 Å². The highest BCUT2D eigenvalue weighted by atomic mass is 79.9. The maximum absolute atomic E-state index is 9.96. The van der Waals surface area contributed by atoms with E-state index in [1.807, 2.05) is 18.2 Å². The average molecular weight is 301 g/mol. The summed E-state index contributed by atoms with van der Waals surface area (Å²) in [6.07, 6.45) is -0.620. The van der Waals surface area contributed by atoms with Crippen LogP contribution in [-0.4, -0.2) is 38.0 Å². The van der Waals surface area contributed by atoms with Crippen molar-refractivity contribution in [3.05, 3.63) is 28.2 Å². The van der Waals surface area contributed by atoms with Gasteiger partial charge in [0, 0.05) is 35.4 Å². The second-order valence-electron chi connectivity index (χ2n) is 4.05. The molecular weight excluding hydrogens is 284 g/mol. The fraction of sp³-hybridized carbons (Fsp3) is 0.500. The number of nitrogens with two attached hydrogens (primary N) is 1. The Morgan fingerprint density at radius 1 is 1.41 bits per heavy atom. The number of aliphatic hydroxyl groups is 1. The molecule has 94 valence electrons. The zero-order chi connectivity index (χ0) is 12.3. The van der Waals surface area contributed by atoms with E-state index in [0.29, 0.717) is 0 Å². The third-order valence-electron chi connectivity index (χ3n) is 2.92. The van der Waals surface area contributed by atoms with Gasteiger partial charge in [-0.2, -0.15) is 0 Å². The van der Waals surface area contributed by atoms with Crippen LogP contribution in [-0.2, 0) is 4.74 Å². The summed E-state index contributed by atoms with van der Waals surface area (Å²) < 4.78 is 6.29. The molecule has 4 nitrogen and oxygen atoms in total. The molecule has 1 unspecified atom stereocenters. The molecule has 0 bridgehead atoms. The lowest BCUT2D eigenvalue weighted by Crippen LogP contribution is -2.37. The van der Waals surface area contributed by atoms with Gasteiger partial charge in [0.15, 0.2) is 0 Å². The van der Waals surface area contributed by atoms with Crippen molar-refractivity contribution in [2.45, 2.75) is 6.10 Å². The molecule has 0 spiro atoms. The van der Waals surface area contributed by atoms with E-state index in [0.717, 1.165) is 42.0 Å². The number of rotatable bonds is 3. The molecule has 1 heterocycles. The van der Waals surface area contributed by atoms with Gasteiger partial charge in [-0.3, -0.25) is 0 Å². The standard InChI is InChI=1S/C12H17BrN2O2/c13-9-1-2-11(10(7-9)12(16)8-14)15-3-5-17-6-4-15/h1-2,7,12,16H,3-6,8,14H2. The van der Waals surface area contributed by atoms with Gasteiger partial charge in [-0.15, -0.1) is 0 Å². The lowest BCUT2D eigenvalue weighted by Gasteiger charge is -2.31. The molecule has 5 heteroatoms. The molecule has 0 radical (unpaired) electrons. The van der Waals surface area contributed by atoms with Crippen molar-refractivity contribution < 1.29 is 9.84 Å². The van der Waals surface area contributed by atoms with Crippen LogP contribution < -0.4 is 10.6 Å². The zero-order valence-electron chi connectivity index (χ0n) is 9.60. The molecule has 0 amide bonds. The predicted molar refractivity (Wildman–Crippen MR) is 71.2 cm³/mol. The van der Waals surface area contributed by atoms with E-state index < -0.39 is 6.10 Å². The lowest BCUT2D eigenvalue weighted by atomic mass is 10.1. The number of ether oxygens (including phenoxy) is 1. The highest BCUT2D eigenvalue weighted by Crippen LogP contribution is 2.29. The van der Waals surface area contributed by atoms with E-state index in [1.54, 1.807) is 0 Å². The van der Waals surface area contributed by atoms with E-state index in [-0.39, 0.29) is 6.54 Å². The SMILES string of the molecule is NCC(O)c1cc(Br)ccc1N1CCOCC1. The van der Waals surface area contributed by atoms with Crippen molar-refractivity contribution in [2.75, 3.05) is 37.7 Å². The smallest absolute Gasteiger partial charge is 0.0932 e. The monoisotopic (exact) mass is 300 g/mol. The third-order valence-corrected chi connectivity index (χ3v) is 3.42. The molecular formula is C12H17BrN2O2. The molecule has 17 heavy (non-hydrogen) atoms. The van der Waals surface area contributed by atoms with Crippen molar-refractivity contribution >= 4 is 21.6 Å². The summed E-state index contributed by atoms with van der Waals surface area (Å²) in [5.41, 5.74) is 7.47. The van der Waals surface area contributed by atoms with Crippen molar-refractivity contribution in [3.63, 3.8) is 0 Å². The first-order valence-corrected chi connectivity index (χ1v) is 6.52. The number of morpholine rings is 1. The number of hydrogen-bond acceptors (Lipinski definition) is 4. The second-order valence-corrected chi connectivity index (χ2v) is 4.97. The minimum absolute atomic E-state index is 0.230. The Morgan fingerprint density at radius 2 is 2.12 bits per heavy atom. The molecule has 1 aromatic rings. The van der Waals surface area contributed by atoms with Crippen molar-refractivity contribution in [3.8, 4) is 0 Å². The summed E-state index contributed by atoms with van der Waals surface area (Å²) >= 11 is 3.42. The van der Waals surface area contributed by atoms with Crippen LogP contribution in [0.3, 0.4) is 0 Å². The van der Waals surface area contributed by atoms with E-state index in [2.05, 4.69) is 20.8 Å². The van der Waals surface area contributed by atoms with Crippen LogP contribution in [0.1, 0.15) is 11.7 Å². The molecule has 1 aliphatic heterocycles. The number of nitrogens with zero attached hydrogens (tertiary/aromatic N) is 1. The van der Waals surface area contributed by atoms with Gasteiger partial charge < -0.3 is 20.5 Å². The molecule has 2 rings (SSSR count). The molecule has 3 N–H and O–H groups in total. The van der Waals surface area contributed by atoms with Crippen LogP contribution in [0.4, 0.5) is 5.69 Å². The Kier molecular flexibility index (Phi) is 4.39. The van der Waals surface area contributed by atoms with Gasteiger partial charge in [-0.1, -0.05) is 15.9 Å². The molecule has 0 aromatic heterocycles. The summed E-state index contributed by atoms with van der Waals surface area (Å²) in [5.74, 6) is 0. The van der Waals surface area contributed by atoms with E-state index in [9.17, 15) is 5.11 Å². The van der Waals surface area contributed by atoms with Crippen LogP contribution in [0.15, 0.2) is 22.7 Å². The number of hydrogen-bond donors (Lipinski definition) is 2. The normalized spacial score (nSPS) is 18.2. The highest BCUT2D eigenvalue weighted by Gasteiger charge is 2.18. The minimum atomic E-state index is -0.620. The van der Waals surface area contributed by atoms with Crippen LogP contribution in [0, 0.1) is 0 Å². The van der Waals surface area contributed by atoms with Crippen LogP contribution >= 0.6 is 15.9 Å². The largest absolute Gasteiger partial charge is 0.387 e. The summed E-state index contributed by atoms with van der Waals surface area (Å²) in [5, 5.41) is 9.96. The van der Waals surface area contributed by atoms with Crippen molar-refractivity contribution in [2.24, 2.45) is 5.73 Å². The Hall–Kier alpha value is -0.620. The Morgan fingerprint density at radius 3 is 2.76 bits per heavy atom. The molecule has 0 aliphatic carbocycles. The van der Waals surface area contributed by atoms with Crippen LogP contribution in [0.25, 0.3) is 0 Å². The molecule has 1 aliphatic rings. The number of halogens is 1. The molecule has 1 atom stereocenters. The van der Waals surface area contributed by atoms with Crippen LogP contribution in [0.2, 0.25) is 0 Å². The Labute approximate surface area is 109 Å². The first-order valence-electron chi connectivity index (χ1n) is 5.72. The number of aliphatic hydroxyl groups excluding tert-OH is 1. The van der Waals surface area contributed by atoms with Gasteiger partial charge in [-0.25, -0.2) is 0 Å². The summed E-state index contributed by atoms with van der Waals surface area (Å²) in [4.78, 5) is 2.23. The minimum Gasteiger partial charge on any atom is -0.387 e. The van der Waals surface area contributed by atoms with Crippen molar-refractivity contribution in [1.29, 1.82) is 0 Å². The third kappa shape index (κ3) is 2.98. The first-order chi connectivity index (χ1) is 8.22. The molecule has 1 fully saturated rings. The lowest BCUT2D eigenvalue weighted by molar-refractivity contribution is 0.122. The number of benzene rings is 1.